The average Bonchev–Trinajstić information content (AvgIpc) is 0.842. The Balaban J connectivity index is 0.000000166. The van der Waals surface area contributed by atoms with Crippen molar-refractivity contribution in [2.45, 2.75) is 105 Å². The topological polar surface area (TPSA) is 240 Å². The summed E-state index contributed by atoms with van der Waals surface area (Å²) in [6, 6.07) is 51.3. The minimum absolute atomic E-state index is 0.118. The van der Waals surface area contributed by atoms with Gasteiger partial charge in [-0.2, -0.15) is 0 Å². The number of halogens is 7. The van der Waals surface area contributed by atoms with E-state index in [1.807, 2.05) is 64.1 Å². The first-order valence-corrected chi connectivity index (χ1v) is 36.0. The third kappa shape index (κ3) is 25.2. The fraction of sp³-hybridized carbons (Fsp3) is 0.190. The number of aryl methyl sites for hydroxylation is 4. The molecular formula is C84H77BrClF5N12O5. The van der Waals surface area contributed by atoms with Crippen LogP contribution < -0.4 is 21.3 Å². The minimum Gasteiger partial charge on any atom is -0.508 e. The molecule has 0 saturated heterocycles. The van der Waals surface area contributed by atoms with Crippen LogP contribution in [0.4, 0.5) is 45.2 Å². The molecule has 24 heteroatoms. The van der Waals surface area contributed by atoms with Crippen molar-refractivity contribution in [1.29, 1.82) is 0 Å². The molecule has 4 amide bonds. The summed E-state index contributed by atoms with van der Waals surface area (Å²) in [6.45, 7) is 8.11. The molecule has 0 bridgehead atoms. The highest BCUT2D eigenvalue weighted by atomic mass is 79.9. The smallest absolute Gasteiger partial charge is 0.229 e. The molecule has 552 valence electrons. The number of amides is 4. The van der Waals surface area contributed by atoms with Crippen LogP contribution in [0, 0.1) is 29.1 Å². The zero-order chi connectivity index (χ0) is 76.9. The molecule has 8 aromatic carbocycles. The maximum absolute atomic E-state index is 13.1. The number of aromatic hydroxyl groups is 1. The monoisotopic (exact) mass is 1540 g/mol. The van der Waals surface area contributed by atoms with Crippen LogP contribution in [-0.2, 0) is 70.5 Å². The lowest BCUT2D eigenvalue weighted by Crippen LogP contribution is -2.17. The van der Waals surface area contributed by atoms with Gasteiger partial charge >= 0.3 is 0 Å². The number of nitrogens with zero attached hydrogens (tertiary/aromatic N) is 8. The van der Waals surface area contributed by atoms with Crippen LogP contribution in [-0.4, -0.2) is 68.6 Å². The lowest BCUT2D eigenvalue weighted by atomic mass is 10.1. The van der Waals surface area contributed by atoms with Crippen LogP contribution in [0.25, 0.3) is 45.0 Å². The normalized spacial score (nSPS) is 10.6. The summed E-state index contributed by atoms with van der Waals surface area (Å²) in [5.74, 6) is -0.375. The Kier molecular flexibility index (Phi) is 30.2. The second kappa shape index (κ2) is 40.6. The number of rotatable bonds is 24. The van der Waals surface area contributed by atoms with E-state index in [1.54, 1.807) is 122 Å². The molecule has 0 aliphatic rings. The number of hydrogen-bond donors (Lipinski definition) is 5. The fourth-order valence-electron chi connectivity index (χ4n) is 10.7. The van der Waals surface area contributed by atoms with Gasteiger partial charge in [0.25, 0.3) is 0 Å². The predicted octanol–water partition coefficient (Wildman–Crippen LogP) is 18.9. The molecular weight excluding hydrogens is 1470 g/mol. The van der Waals surface area contributed by atoms with Crippen molar-refractivity contribution in [3.63, 3.8) is 0 Å². The highest BCUT2D eigenvalue weighted by molar-refractivity contribution is 9.10. The lowest BCUT2D eigenvalue weighted by Gasteiger charge is -2.11. The number of phenolic OH excluding ortho intramolecular Hbond substituents is 1. The second-order valence-corrected chi connectivity index (χ2v) is 26.0. The van der Waals surface area contributed by atoms with Gasteiger partial charge in [0.1, 0.15) is 34.8 Å². The number of anilines is 4. The SMILES string of the molecule is CCCc1nc(-c2ccc(F)cc2)cnc1NC(=O)Cc1ccc(Br)cc1.CCCc1nc(-c2ccc(F)cc2)cnc1NC(=O)Cc1ccc(Cl)cc1.CCCc1nc(-c2ccc(F)cc2)cnc1NC(=O)Cc1ccc(F)cc1.CCCc1nc(-c2ccc(F)cc2)cnc1NC(=O)Cc1ccc(O)cc1. The Hall–Kier alpha value is -11.8. The van der Waals surface area contributed by atoms with Crippen LogP contribution in [0.15, 0.2) is 223 Å². The first-order valence-electron chi connectivity index (χ1n) is 34.9. The summed E-state index contributed by atoms with van der Waals surface area (Å²) in [4.78, 5) is 85.3. The first kappa shape index (κ1) is 80.3. The molecule has 0 aliphatic heterocycles. The Morgan fingerprint density at radius 1 is 0.333 bits per heavy atom. The molecule has 0 aliphatic carbocycles. The molecule has 0 saturated carbocycles. The quantitative estimate of drug-likeness (QED) is 0.0354. The third-order valence-corrected chi connectivity index (χ3v) is 16.8. The molecule has 4 aromatic heterocycles. The number of nitrogens with one attached hydrogen (secondary N) is 4. The zero-order valence-electron chi connectivity index (χ0n) is 59.6. The molecule has 5 N–H and O–H groups in total. The standard InChI is InChI=1S/C21H19BrFN3O.C21H19ClFN3O.C21H19F2N3O.C21H20FN3O2/c3*1-2-3-18-21(26-20(27)12-14-4-8-16(22)9-5-14)24-13-19(25-18)15-6-10-17(23)11-7-15;1-2-3-18-21(25-20(27)12-14-4-10-17(26)11-5-14)23-13-19(24-18)15-6-8-16(22)9-7-15/h3*4-11,13H,2-3,12H2,1H3,(H,24,26,27);4-11,13,26H,2-3,12H2,1H3,(H,23,25,27). The fourth-order valence-corrected chi connectivity index (χ4v) is 11.1. The number of phenols is 1. The van der Waals surface area contributed by atoms with Crippen LogP contribution in [0.1, 0.15) is 98.4 Å². The Morgan fingerprint density at radius 2 is 0.546 bits per heavy atom. The third-order valence-electron chi connectivity index (χ3n) is 16.1. The van der Waals surface area contributed by atoms with Crippen molar-refractivity contribution in [2.24, 2.45) is 0 Å². The molecule has 0 spiro atoms. The number of aromatic nitrogens is 8. The summed E-state index contributed by atoms with van der Waals surface area (Å²) >= 11 is 9.25. The van der Waals surface area contributed by atoms with E-state index in [0.717, 1.165) is 74.8 Å². The van der Waals surface area contributed by atoms with Gasteiger partial charge in [-0.15, -0.1) is 0 Å². The Morgan fingerprint density at radius 3 is 0.787 bits per heavy atom. The number of benzene rings is 8. The predicted molar refractivity (Wildman–Crippen MR) is 415 cm³/mol. The molecule has 0 radical (unpaired) electrons. The molecule has 4 heterocycles. The van der Waals surface area contributed by atoms with Crippen molar-refractivity contribution >= 4 is 74.4 Å². The zero-order valence-corrected chi connectivity index (χ0v) is 61.9. The lowest BCUT2D eigenvalue weighted by molar-refractivity contribution is -0.116. The van der Waals surface area contributed by atoms with Crippen molar-refractivity contribution in [3.8, 4) is 50.8 Å². The van der Waals surface area contributed by atoms with Gasteiger partial charge in [-0.25, -0.2) is 61.8 Å². The number of hydrogen-bond acceptors (Lipinski definition) is 13. The van der Waals surface area contributed by atoms with Crippen molar-refractivity contribution < 1.29 is 46.2 Å². The van der Waals surface area contributed by atoms with E-state index in [4.69, 9.17) is 11.6 Å². The molecule has 12 aromatic rings. The maximum Gasteiger partial charge on any atom is 0.229 e. The molecule has 108 heavy (non-hydrogen) atoms. The van der Waals surface area contributed by atoms with E-state index in [2.05, 4.69) is 77.1 Å². The van der Waals surface area contributed by atoms with Crippen molar-refractivity contribution in [1.82, 2.24) is 39.9 Å². The summed E-state index contributed by atoms with van der Waals surface area (Å²) in [6.07, 6.45) is 13.2. The molecule has 0 atom stereocenters. The summed E-state index contributed by atoms with van der Waals surface area (Å²) in [5.41, 5.74) is 11.7. The van der Waals surface area contributed by atoms with Gasteiger partial charge in [0.05, 0.1) is 96.0 Å². The van der Waals surface area contributed by atoms with Crippen molar-refractivity contribution in [3.05, 3.63) is 303 Å². The Labute approximate surface area is 636 Å². The van der Waals surface area contributed by atoms with Crippen LogP contribution in [0.5, 0.6) is 5.75 Å². The van der Waals surface area contributed by atoms with Crippen LogP contribution >= 0.6 is 27.5 Å². The highest BCUT2D eigenvalue weighted by Gasteiger charge is 2.18. The van der Waals surface area contributed by atoms with Gasteiger partial charge < -0.3 is 26.4 Å². The minimum atomic E-state index is -0.341. The summed E-state index contributed by atoms with van der Waals surface area (Å²) in [7, 11) is 0. The van der Waals surface area contributed by atoms with E-state index >= 15 is 0 Å². The largest absolute Gasteiger partial charge is 0.508 e. The van der Waals surface area contributed by atoms with Gasteiger partial charge in [-0.1, -0.05) is 129 Å². The average molecular weight is 1540 g/mol. The molecule has 0 unspecified atom stereocenters. The number of carbonyl (C=O) groups excluding carboxylic acids is 4. The molecule has 12 rings (SSSR count). The van der Waals surface area contributed by atoms with E-state index in [1.165, 1.54) is 60.7 Å². The van der Waals surface area contributed by atoms with Gasteiger partial charge in [0, 0.05) is 31.7 Å². The van der Waals surface area contributed by atoms with Crippen LogP contribution in [0.2, 0.25) is 5.02 Å². The van der Waals surface area contributed by atoms with Crippen LogP contribution in [0.3, 0.4) is 0 Å². The Bertz CT molecular complexity index is 4340. The number of carbonyl (C=O) groups is 4. The van der Waals surface area contributed by atoms with Crippen molar-refractivity contribution in [2.75, 3.05) is 21.3 Å². The van der Waals surface area contributed by atoms with E-state index < -0.39 is 0 Å². The summed E-state index contributed by atoms with van der Waals surface area (Å²) in [5, 5.41) is 21.2. The van der Waals surface area contributed by atoms with Gasteiger partial charge in [-0.3, -0.25) is 19.2 Å². The van der Waals surface area contributed by atoms with Gasteiger partial charge in [-0.05, 0) is 194 Å². The highest BCUT2D eigenvalue weighted by Crippen LogP contribution is 2.27. The molecule has 0 fully saturated rings. The molecule has 17 nitrogen and oxygen atoms in total. The van der Waals surface area contributed by atoms with Gasteiger partial charge in [0.15, 0.2) is 23.3 Å². The first-order chi connectivity index (χ1) is 52.2. The van der Waals surface area contributed by atoms with E-state index in [-0.39, 0.29) is 84.1 Å². The van der Waals surface area contributed by atoms with E-state index in [0.29, 0.717) is 99.4 Å². The maximum atomic E-state index is 13.1. The summed E-state index contributed by atoms with van der Waals surface area (Å²) < 4.78 is 66.4. The van der Waals surface area contributed by atoms with Gasteiger partial charge in [0.2, 0.25) is 23.6 Å². The second-order valence-electron chi connectivity index (χ2n) is 24.7. The van der Waals surface area contributed by atoms with E-state index in [9.17, 15) is 46.2 Å².